The van der Waals surface area contributed by atoms with Gasteiger partial charge in [-0.15, -0.1) is 0 Å². The number of carbonyl (C=O) groups excluding carboxylic acids is 1. The third kappa shape index (κ3) is 5.39. The third-order valence-electron chi connectivity index (χ3n) is 3.07. The number of hydrogen-bond acceptors (Lipinski definition) is 4. The molecule has 1 aromatic carbocycles. The summed E-state index contributed by atoms with van der Waals surface area (Å²) < 4.78 is 0. The van der Waals surface area contributed by atoms with Gasteiger partial charge < -0.3 is 15.5 Å². The van der Waals surface area contributed by atoms with Gasteiger partial charge in [-0.2, -0.15) is 0 Å². The maximum Gasteiger partial charge on any atom is 0.257 e. The van der Waals surface area contributed by atoms with Crippen LogP contribution in [0, 0.1) is 0 Å². The van der Waals surface area contributed by atoms with Crippen molar-refractivity contribution in [3.05, 3.63) is 52.3 Å². The van der Waals surface area contributed by atoms with Gasteiger partial charge in [0.2, 0.25) is 0 Å². The number of halogens is 2. The van der Waals surface area contributed by atoms with E-state index >= 15 is 0 Å². The van der Waals surface area contributed by atoms with Gasteiger partial charge in [-0.1, -0.05) is 23.2 Å². The molecule has 2 aromatic rings. The van der Waals surface area contributed by atoms with E-state index in [1.54, 1.807) is 30.5 Å². The minimum Gasteiger partial charge on any atom is -0.382 e. The van der Waals surface area contributed by atoms with Crippen molar-refractivity contribution in [2.24, 2.45) is 0 Å². The van der Waals surface area contributed by atoms with Crippen LogP contribution in [0.1, 0.15) is 10.4 Å². The molecule has 1 amide bonds. The molecule has 0 aliphatic rings. The number of hydrogen-bond donors (Lipinski definition) is 2. The second kappa shape index (κ2) is 8.15. The highest BCUT2D eigenvalue weighted by Gasteiger charge is 2.10. The van der Waals surface area contributed by atoms with Gasteiger partial charge in [0.15, 0.2) is 0 Å². The molecule has 2 rings (SSSR count). The number of anilines is 2. The van der Waals surface area contributed by atoms with Crippen molar-refractivity contribution in [3.8, 4) is 0 Å². The summed E-state index contributed by atoms with van der Waals surface area (Å²) in [6, 6.07) is 6.66. The summed E-state index contributed by atoms with van der Waals surface area (Å²) in [6.45, 7) is 1.65. The van der Waals surface area contributed by atoms with Gasteiger partial charge in [-0.3, -0.25) is 9.78 Å². The molecule has 122 valence electrons. The van der Waals surface area contributed by atoms with E-state index < -0.39 is 0 Å². The Morgan fingerprint density at radius 3 is 2.70 bits per heavy atom. The second-order valence-corrected chi connectivity index (χ2v) is 6.11. The Labute approximate surface area is 145 Å². The average molecular weight is 353 g/mol. The Kier molecular flexibility index (Phi) is 6.21. The summed E-state index contributed by atoms with van der Waals surface area (Å²) in [5.74, 6) is -0.280. The van der Waals surface area contributed by atoms with Gasteiger partial charge in [0.25, 0.3) is 5.91 Å². The number of benzene rings is 1. The maximum absolute atomic E-state index is 12.3. The molecule has 0 aliphatic carbocycles. The predicted octanol–water partition coefficient (Wildman–Crippen LogP) is 3.61. The van der Waals surface area contributed by atoms with Crippen molar-refractivity contribution < 1.29 is 4.79 Å². The smallest absolute Gasteiger partial charge is 0.257 e. The molecule has 7 heteroatoms. The molecule has 0 bridgehead atoms. The van der Waals surface area contributed by atoms with Crippen LogP contribution >= 0.6 is 23.2 Å². The van der Waals surface area contributed by atoms with Crippen molar-refractivity contribution in [1.29, 1.82) is 0 Å². The molecular formula is C16H18Cl2N4O. The number of nitrogens with one attached hydrogen (secondary N) is 2. The van der Waals surface area contributed by atoms with Crippen molar-refractivity contribution in [2.75, 3.05) is 37.8 Å². The molecule has 23 heavy (non-hydrogen) atoms. The zero-order valence-corrected chi connectivity index (χ0v) is 14.4. The fourth-order valence-electron chi connectivity index (χ4n) is 1.87. The van der Waals surface area contributed by atoms with E-state index in [9.17, 15) is 4.79 Å². The lowest BCUT2D eigenvalue weighted by molar-refractivity contribution is 0.102. The van der Waals surface area contributed by atoms with Crippen LogP contribution in [0.25, 0.3) is 0 Å². The van der Waals surface area contributed by atoms with Gasteiger partial charge in [0.05, 0.1) is 22.0 Å². The van der Waals surface area contributed by atoms with E-state index in [0.29, 0.717) is 21.3 Å². The first-order valence-electron chi connectivity index (χ1n) is 7.06. The highest BCUT2D eigenvalue weighted by Crippen LogP contribution is 2.25. The summed E-state index contributed by atoms with van der Waals surface area (Å²) in [5, 5.41) is 6.88. The second-order valence-electron chi connectivity index (χ2n) is 5.27. The molecule has 0 unspecified atom stereocenters. The van der Waals surface area contributed by atoms with E-state index in [2.05, 4.69) is 20.5 Å². The highest BCUT2D eigenvalue weighted by molar-refractivity contribution is 6.36. The molecule has 0 radical (unpaired) electrons. The number of amides is 1. The lowest BCUT2D eigenvalue weighted by atomic mass is 10.2. The molecule has 2 N–H and O–H groups in total. The molecular weight excluding hydrogens is 335 g/mol. The van der Waals surface area contributed by atoms with Crippen LogP contribution in [0.3, 0.4) is 0 Å². The Hall–Kier alpha value is -1.82. The van der Waals surface area contributed by atoms with Crippen LogP contribution in [-0.2, 0) is 0 Å². The molecule has 0 atom stereocenters. The van der Waals surface area contributed by atoms with Crippen LogP contribution in [-0.4, -0.2) is 43.0 Å². The summed E-state index contributed by atoms with van der Waals surface area (Å²) in [4.78, 5) is 18.5. The molecule has 0 aliphatic heterocycles. The molecule has 0 spiro atoms. The Balaban J connectivity index is 2.04. The minimum atomic E-state index is -0.280. The fraction of sp³-hybridized carbons (Fsp3) is 0.250. The standard InChI is InChI=1S/C16H18Cl2N4O/c1-22(2)6-5-20-13-7-11(9-19-10-13)16(23)21-15-4-3-12(17)8-14(15)18/h3-4,7-10,20H,5-6H2,1-2H3,(H,21,23). The Morgan fingerprint density at radius 1 is 1.22 bits per heavy atom. The first-order valence-corrected chi connectivity index (χ1v) is 7.81. The van der Waals surface area contributed by atoms with Gasteiger partial charge in [0, 0.05) is 30.5 Å². The van der Waals surface area contributed by atoms with Gasteiger partial charge >= 0.3 is 0 Å². The van der Waals surface area contributed by atoms with E-state index in [0.717, 1.165) is 18.8 Å². The number of nitrogens with zero attached hydrogens (tertiary/aromatic N) is 2. The molecule has 0 saturated carbocycles. The van der Waals surface area contributed by atoms with E-state index in [4.69, 9.17) is 23.2 Å². The summed E-state index contributed by atoms with van der Waals surface area (Å²) >= 11 is 11.9. The minimum absolute atomic E-state index is 0.280. The van der Waals surface area contributed by atoms with Gasteiger partial charge in [-0.25, -0.2) is 0 Å². The first kappa shape index (κ1) is 17.5. The SMILES string of the molecule is CN(C)CCNc1cncc(C(=O)Nc2ccc(Cl)cc2Cl)c1. The monoisotopic (exact) mass is 352 g/mol. The lowest BCUT2D eigenvalue weighted by Gasteiger charge is -2.12. The zero-order valence-electron chi connectivity index (χ0n) is 12.9. The molecule has 0 fully saturated rings. The zero-order chi connectivity index (χ0) is 16.8. The maximum atomic E-state index is 12.3. The summed E-state index contributed by atoms with van der Waals surface area (Å²) in [6.07, 6.45) is 3.19. The summed E-state index contributed by atoms with van der Waals surface area (Å²) in [5.41, 5.74) is 1.75. The van der Waals surface area contributed by atoms with Crippen LogP contribution in [0.4, 0.5) is 11.4 Å². The predicted molar refractivity (Wildman–Crippen MR) is 95.7 cm³/mol. The van der Waals surface area contributed by atoms with E-state index in [1.165, 1.54) is 6.20 Å². The van der Waals surface area contributed by atoms with Crippen molar-refractivity contribution in [1.82, 2.24) is 9.88 Å². The van der Waals surface area contributed by atoms with Crippen LogP contribution in [0.15, 0.2) is 36.7 Å². The topological polar surface area (TPSA) is 57.3 Å². The van der Waals surface area contributed by atoms with Crippen LogP contribution < -0.4 is 10.6 Å². The third-order valence-corrected chi connectivity index (χ3v) is 3.62. The van der Waals surface area contributed by atoms with Crippen LogP contribution in [0.5, 0.6) is 0 Å². The average Bonchev–Trinajstić information content (AvgIpc) is 2.50. The number of rotatable bonds is 6. The molecule has 1 aromatic heterocycles. The number of likely N-dealkylation sites (N-methyl/N-ethyl adjacent to an activating group) is 1. The molecule has 1 heterocycles. The van der Waals surface area contributed by atoms with Crippen LogP contribution in [0.2, 0.25) is 10.0 Å². The largest absolute Gasteiger partial charge is 0.382 e. The van der Waals surface area contributed by atoms with E-state index in [1.807, 2.05) is 14.1 Å². The van der Waals surface area contributed by atoms with Crippen molar-refractivity contribution >= 4 is 40.5 Å². The molecule has 0 saturated heterocycles. The lowest BCUT2D eigenvalue weighted by Crippen LogP contribution is -2.21. The Morgan fingerprint density at radius 2 is 2.00 bits per heavy atom. The molecule has 5 nitrogen and oxygen atoms in total. The quantitative estimate of drug-likeness (QED) is 0.833. The summed E-state index contributed by atoms with van der Waals surface area (Å²) in [7, 11) is 4.00. The van der Waals surface area contributed by atoms with Crippen molar-refractivity contribution in [3.63, 3.8) is 0 Å². The highest BCUT2D eigenvalue weighted by atomic mass is 35.5. The van der Waals surface area contributed by atoms with E-state index in [-0.39, 0.29) is 5.91 Å². The van der Waals surface area contributed by atoms with Gasteiger partial charge in [-0.05, 0) is 38.4 Å². The number of carbonyl (C=O) groups is 1. The van der Waals surface area contributed by atoms with Gasteiger partial charge in [0.1, 0.15) is 0 Å². The Bertz CT molecular complexity index is 692. The first-order chi connectivity index (χ1) is 11.0. The number of aromatic nitrogens is 1. The fourth-order valence-corrected chi connectivity index (χ4v) is 2.33. The van der Waals surface area contributed by atoms with Crippen molar-refractivity contribution in [2.45, 2.75) is 0 Å². The normalized spacial score (nSPS) is 10.7. The number of pyridine rings is 1.